The lowest BCUT2D eigenvalue weighted by Gasteiger charge is -2.26. The fourth-order valence-corrected chi connectivity index (χ4v) is 5.87. The van der Waals surface area contributed by atoms with Crippen molar-refractivity contribution in [2.75, 3.05) is 32.7 Å². The molecule has 286 valence electrons. The highest BCUT2D eigenvalue weighted by molar-refractivity contribution is 6.00. The molecule has 0 saturated heterocycles. The molecule has 0 atom stereocenters. The SMILES string of the molecule is Cc1cccc(C(=O)NCCCN(CCCCN(CCCCC(=O)c2cccc(O)c2O)C(=O)c2cccc(O)c2O)C(=O)c2cccc(O)c2O)c1O. The summed E-state index contributed by atoms with van der Waals surface area (Å²) in [5.41, 5.74) is 0.416. The van der Waals surface area contributed by atoms with Gasteiger partial charge in [0.15, 0.2) is 40.3 Å². The number of nitrogens with zero attached hydrogens (tertiary/aromatic N) is 2. The van der Waals surface area contributed by atoms with Crippen molar-refractivity contribution < 1.29 is 54.9 Å². The van der Waals surface area contributed by atoms with Crippen molar-refractivity contribution in [1.29, 1.82) is 0 Å². The van der Waals surface area contributed by atoms with Crippen LogP contribution >= 0.6 is 0 Å². The van der Waals surface area contributed by atoms with Gasteiger partial charge < -0.3 is 50.9 Å². The molecule has 14 nitrogen and oxygen atoms in total. The number of amides is 3. The second-order valence-electron chi connectivity index (χ2n) is 12.8. The minimum atomic E-state index is -0.575. The third-order valence-electron chi connectivity index (χ3n) is 8.94. The van der Waals surface area contributed by atoms with E-state index in [-0.39, 0.29) is 72.9 Å². The van der Waals surface area contributed by atoms with Crippen LogP contribution in [0.4, 0.5) is 0 Å². The van der Waals surface area contributed by atoms with E-state index in [0.717, 1.165) is 0 Å². The number of para-hydroxylation sites is 4. The molecule has 54 heavy (non-hydrogen) atoms. The lowest BCUT2D eigenvalue weighted by Crippen LogP contribution is -2.36. The van der Waals surface area contributed by atoms with E-state index < -0.39 is 52.2 Å². The first-order valence-corrected chi connectivity index (χ1v) is 17.5. The van der Waals surface area contributed by atoms with Crippen LogP contribution in [-0.2, 0) is 0 Å². The van der Waals surface area contributed by atoms with Crippen LogP contribution in [0.5, 0.6) is 40.2 Å². The fourth-order valence-electron chi connectivity index (χ4n) is 5.87. The normalized spacial score (nSPS) is 10.8. The Labute approximate surface area is 312 Å². The third kappa shape index (κ3) is 10.1. The molecule has 4 aromatic rings. The Bertz CT molecular complexity index is 1840. The van der Waals surface area contributed by atoms with Crippen LogP contribution in [0.2, 0.25) is 0 Å². The van der Waals surface area contributed by atoms with Crippen LogP contribution in [0.25, 0.3) is 0 Å². The molecule has 3 amide bonds. The van der Waals surface area contributed by atoms with Crippen LogP contribution in [0.15, 0.2) is 72.8 Å². The van der Waals surface area contributed by atoms with Gasteiger partial charge in [-0.05, 0) is 87.1 Å². The summed E-state index contributed by atoms with van der Waals surface area (Å²) in [6, 6.07) is 17.0. The van der Waals surface area contributed by atoms with Crippen LogP contribution in [0, 0.1) is 6.92 Å². The monoisotopic (exact) mass is 743 g/mol. The molecule has 0 spiro atoms. The smallest absolute Gasteiger partial charge is 0.257 e. The van der Waals surface area contributed by atoms with Gasteiger partial charge in [-0.15, -0.1) is 0 Å². The number of aromatic hydroxyl groups is 7. The molecule has 8 N–H and O–H groups in total. The average molecular weight is 744 g/mol. The van der Waals surface area contributed by atoms with Crippen LogP contribution in [-0.4, -0.2) is 102 Å². The number of unbranched alkanes of at least 4 members (excludes halogenated alkanes) is 2. The van der Waals surface area contributed by atoms with E-state index >= 15 is 0 Å². The number of Topliss-reactive ketones (excluding diaryl/α,β-unsaturated/α-hetero) is 1. The molecular formula is C40H45N3O11. The first-order chi connectivity index (χ1) is 25.8. The van der Waals surface area contributed by atoms with Gasteiger partial charge in [-0.3, -0.25) is 19.2 Å². The van der Waals surface area contributed by atoms with Crippen molar-refractivity contribution >= 4 is 23.5 Å². The Hall–Kier alpha value is -6.44. The molecule has 4 rings (SSSR count). The van der Waals surface area contributed by atoms with Gasteiger partial charge in [0.25, 0.3) is 17.7 Å². The molecule has 0 radical (unpaired) electrons. The number of rotatable bonds is 18. The maximum Gasteiger partial charge on any atom is 0.257 e. The molecule has 0 saturated carbocycles. The number of nitrogens with one attached hydrogen (secondary N) is 1. The summed E-state index contributed by atoms with van der Waals surface area (Å²) < 4.78 is 0. The van der Waals surface area contributed by atoms with Crippen LogP contribution in [0.3, 0.4) is 0 Å². The number of hydrogen-bond donors (Lipinski definition) is 8. The third-order valence-corrected chi connectivity index (χ3v) is 8.94. The number of benzene rings is 4. The Morgan fingerprint density at radius 2 is 0.907 bits per heavy atom. The molecular weight excluding hydrogens is 698 g/mol. The summed E-state index contributed by atoms with van der Waals surface area (Å²) in [7, 11) is 0. The molecule has 0 aliphatic carbocycles. The van der Waals surface area contributed by atoms with Gasteiger partial charge in [0.1, 0.15) is 5.75 Å². The number of phenolic OH excluding ortho intramolecular Hbond substituents is 7. The van der Waals surface area contributed by atoms with E-state index in [2.05, 4.69) is 5.32 Å². The van der Waals surface area contributed by atoms with Gasteiger partial charge >= 0.3 is 0 Å². The topological polar surface area (TPSA) is 228 Å². The lowest BCUT2D eigenvalue weighted by molar-refractivity contribution is 0.0714. The molecule has 0 aliphatic rings. The maximum atomic E-state index is 13.6. The molecule has 0 aromatic heterocycles. The van der Waals surface area contributed by atoms with Crippen molar-refractivity contribution in [1.82, 2.24) is 15.1 Å². The molecule has 14 heteroatoms. The Balaban J connectivity index is 1.40. The van der Waals surface area contributed by atoms with E-state index in [9.17, 15) is 54.9 Å². The molecule has 0 fully saturated rings. The number of carbonyl (C=O) groups is 4. The molecule has 4 aromatic carbocycles. The summed E-state index contributed by atoms with van der Waals surface area (Å²) in [6.45, 7) is 2.49. The number of aryl methyl sites for hydroxylation is 1. The number of ketones is 1. The molecule has 0 aliphatic heterocycles. The number of phenols is 7. The molecule has 0 heterocycles. The Morgan fingerprint density at radius 3 is 1.43 bits per heavy atom. The van der Waals surface area contributed by atoms with E-state index in [1.165, 1.54) is 70.5 Å². The first-order valence-electron chi connectivity index (χ1n) is 17.5. The van der Waals surface area contributed by atoms with Crippen molar-refractivity contribution in [3.05, 3.63) is 101 Å². The highest BCUT2D eigenvalue weighted by Gasteiger charge is 2.23. The first kappa shape index (κ1) is 40.3. The summed E-state index contributed by atoms with van der Waals surface area (Å²) in [5.74, 6) is -5.10. The zero-order chi connectivity index (χ0) is 39.4. The van der Waals surface area contributed by atoms with Gasteiger partial charge in [-0.25, -0.2) is 0 Å². The molecule has 0 unspecified atom stereocenters. The predicted molar refractivity (Wildman–Crippen MR) is 198 cm³/mol. The van der Waals surface area contributed by atoms with Gasteiger partial charge in [-0.1, -0.05) is 30.3 Å². The highest BCUT2D eigenvalue weighted by atomic mass is 16.3. The van der Waals surface area contributed by atoms with Crippen molar-refractivity contribution in [3.63, 3.8) is 0 Å². The Kier molecular flexibility index (Phi) is 14.1. The van der Waals surface area contributed by atoms with Crippen molar-refractivity contribution in [3.8, 4) is 40.2 Å². The van der Waals surface area contributed by atoms with Gasteiger partial charge in [0, 0.05) is 39.1 Å². The fraction of sp³-hybridized carbons (Fsp3) is 0.300. The average Bonchev–Trinajstić information content (AvgIpc) is 3.15. The lowest BCUT2D eigenvalue weighted by atomic mass is 10.0. The standard InChI is InChI=1S/C40H45N3O11/c1-25-11-6-13-27(34(25)48)38(52)41-20-10-24-43(40(54)29-15-9-19-33(47)37(29)51)23-5-4-22-42(39(53)28-14-8-18-32(46)36(28)50)21-3-2-16-30(44)26-12-7-17-31(45)35(26)49/h6-9,11-15,17-19,45-51H,2-5,10,16,20-24H2,1H3,(H,41,52). The van der Waals surface area contributed by atoms with Crippen molar-refractivity contribution in [2.45, 2.75) is 45.4 Å². The van der Waals surface area contributed by atoms with Crippen LogP contribution < -0.4 is 5.32 Å². The van der Waals surface area contributed by atoms with Gasteiger partial charge in [0.2, 0.25) is 0 Å². The minimum absolute atomic E-state index is 0.0151. The predicted octanol–water partition coefficient (Wildman–Crippen LogP) is 5.17. The minimum Gasteiger partial charge on any atom is -0.507 e. The number of carbonyl (C=O) groups excluding carboxylic acids is 4. The van der Waals surface area contributed by atoms with Crippen LogP contribution in [0.1, 0.15) is 85.5 Å². The number of hydrogen-bond acceptors (Lipinski definition) is 11. The molecule has 0 bridgehead atoms. The summed E-state index contributed by atoms with van der Waals surface area (Å²) in [4.78, 5) is 55.4. The van der Waals surface area contributed by atoms with E-state index in [4.69, 9.17) is 0 Å². The van der Waals surface area contributed by atoms with E-state index in [1.54, 1.807) is 19.1 Å². The zero-order valence-corrected chi connectivity index (χ0v) is 29.9. The van der Waals surface area contributed by atoms with E-state index in [0.29, 0.717) is 37.7 Å². The van der Waals surface area contributed by atoms with E-state index in [1.807, 2.05) is 0 Å². The Morgan fingerprint density at radius 1 is 0.500 bits per heavy atom. The second-order valence-corrected chi connectivity index (χ2v) is 12.8. The van der Waals surface area contributed by atoms with Gasteiger partial charge in [-0.2, -0.15) is 0 Å². The maximum absolute atomic E-state index is 13.6. The highest BCUT2D eigenvalue weighted by Crippen LogP contribution is 2.32. The quantitative estimate of drug-likeness (QED) is 0.0377. The second kappa shape index (κ2) is 18.9. The van der Waals surface area contributed by atoms with Crippen molar-refractivity contribution in [2.24, 2.45) is 0 Å². The zero-order valence-electron chi connectivity index (χ0n) is 29.9. The summed E-state index contributed by atoms with van der Waals surface area (Å²) in [5, 5.41) is 73.6. The largest absolute Gasteiger partial charge is 0.507 e. The summed E-state index contributed by atoms with van der Waals surface area (Å²) >= 11 is 0. The van der Waals surface area contributed by atoms with Gasteiger partial charge in [0.05, 0.1) is 22.3 Å². The summed E-state index contributed by atoms with van der Waals surface area (Å²) in [6.07, 6.45) is 1.79.